The lowest BCUT2D eigenvalue weighted by atomic mass is 9.52. The fourth-order valence-corrected chi connectivity index (χ4v) is 6.20. The number of nitroso groups, excluding NO2 is 1. The number of rotatable bonds is 3. The third-order valence-electron chi connectivity index (χ3n) is 8.16. The molecule has 3 aliphatic rings. The molecule has 0 N–H and O–H groups in total. The molecule has 0 heterocycles. The molecule has 0 aromatic carbocycles. The summed E-state index contributed by atoms with van der Waals surface area (Å²) in [6.07, 6.45) is 11.1. The molecule has 0 aromatic heterocycles. The number of hydrogen-bond donors (Lipinski definition) is 0. The fourth-order valence-electron chi connectivity index (χ4n) is 6.20. The molecule has 22 heavy (non-hydrogen) atoms. The lowest BCUT2D eigenvalue weighted by molar-refractivity contribution is -0.0184. The molecule has 0 spiro atoms. The van der Waals surface area contributed by atoms with Crippen LogP contribution in [0.3, 0.4) is 0 Å². The molecule has 3 aliphatic carbocycles. The van der Waals surface area contributed by atoms with Crippen molar-refractivity contribution in [3.8, 4) is 0 Å². The van der Waals surface area contributed by atoms with Gasteiger partial charge in [0, 0.05) is 0 Å². The zero-order valence-electron chi connectivity index (χ0n) is 14.7. The van der Waals surface area contributed by atoms with Gasteiger partial charge >= 0.3 is 0 Å². The lowest BCUT2D eigenvalue weighted by Gasteiger charge is -2.53. The Morgan fingerprint density at radius 2 is 1.91 bits per heavy atom. The van der Waals surface area contributed by atoms with Crippen LogP contribution in [-0.4, -0.2) is 6.04 Å². The average molecular weight is 303 g/mol. The molecule has 6 atom stereocenters. The smallest absolute Gasteiger partial charge is 0.0922 e. The average Bonchev–Trinajstić information content (AvgIpc) is 2.82. The van der Waals surface area contributed by atoms with Crippen LogP contribution in [0.2, 0.25) is 0 Å². The highest BCUT2D eigenvalue weighted by molar-refractivity contribution is 5.19. The van der Waals surface area contributed by atoms with Crippen molar-refractivity contribution in [2.45, 2.75) is 84.6 Å². The second-order valence-electron chi connectivity index (χ2n) is 8.87. The molecule has 124 valence electrons. The van der Waals surface area contributed by atoms with E-state index in [2.05, 4.69) is 32.5 Å². The van der Waals surface area contributed by atoms with Gasteiger partial charge in [-0.25, -0.2) is 0 Å². The van der Waals surface area contributed by atoms with Crippen LogP contribution in [-0.2, 0) is 0 Å². The van der Waals surface area contributed by atoms with Crippen molar-refractivity contribution in [1.29, 1.82) is 0 Å². The Labute approximate surface area is 136 Å². The topological polar surface area (TPSA) is 29.4 Å². The van der Waals surface area contributed by atoms with Crippen LogP contribution in [0.5, 0.6) is 0 Å². The number of hydrogen-bond acceptors (Lipinski definition) is 2. The van der Waals surface area contributed by atoms with Crippen LogP contribution < -0.4 is 0 Å². The van der Waals surface area contributed by atoms with Gasteiger partial charge in [-0.3, -0.25) is 0 Å². The molecule has 0 radical (unpaired) electrons. The van der Waals surface area contributed by atoms with Gasteiger partial charge in [-0.15, -0.1) is 0 Å². The molecule has 3 saturated carbocycles. The summed E-state index contributed by atoms with van der Waals surface area (Å²) in [5.41, 5.74) is 2.37. The van der Waals surface area contributed by atoms with Gasteiger partial charge in [-0.1, -0.05) is 44.5 Å². The van der Waals surface area contributed by atoms with E-state index in [0.717, 1.165) is 24.7 Å². The zero-order valence-corrected chi connectivity index (χ0v) is 14.7. The minimum atomic E-state index is 0.0816. The van der Waals surface area contributed by atoms with Crippen LogP contribution in [0, 0.1) is 33.5 Å². The molecular formula is C20H33NO. The summed E-state index contributed by atoms with van der Waals surface area (Å²) in [7, 11) is 0. The van der Waals surface area contributed by atoms with Gasteiger partial charge in [-0.2, -0.15) is 4.91 Å². The predicted molar refractivity (Wildman–Crippen MR) is 92.6 cm³/mol. The molecule has 0 bridgehead atoms. The van der Waals surface area contributed by atoms with Crippen LogP contribution >= 0.6 is 0 Å². The first-order valence-electron chi connectivity index (χ1n) is 9.44. The Hall–Kier alpha value is -0.660. The summed E-state index contributed by atoms with van der Waals surface area (Å²) in [6, 6.07) is 0.0816. The second-order valence-corrected chi connectivity index (χ2v) is 8.87. The molecule has 0 amide bonds. The van der Waals surface area contributed by atoms with E-state index in [1.54, 1.807) is 0 Å². The fraction of sp³-hybridized carbons (Fsp3) is 0.900. The number of nitrogens with zero attached hydrogens (tertiary/aromatic N) is 1. The van der Waals surface area contributed by atoms with Crippen molar-refractivity contribution < 1.29 is 0 Å². The van der Waals surface area contributed by atoms with Gasteiger partial charge in [0.2, 0.25) is 0 Å². The molecule has 0 saturated heterocycles. The minimum Gasteiger partial charge on any atom is -0.151 e. The van der Waals surface area contributed by atoms with Crippen LogP contribution in [0.1, 0.15) is 78.6 Å². The van der Waals surface area contributed by atoms with Crippen molar-refractivity contribution in [3.05, 3.63) is 17.1 Å². The van der Waals surface area contributed by atoms with E-state index >= 15 is 0 Å². The number of allylic oxidation sites excluding steroid dienone is 1. The largest absolute Gasteiger partial charge is 0.151 e. The second kappa shape index (κ2) is 5.76. The highest BCUT2D eigenvalue weighted by Gasteiger charge is 2.51. The van der Waals surface area contributed by atoms with Crippen molar-refractivity contribution in [2.75, 3.05) is 0 Å². The normalized spacial score (nSPS) is 49.0. The molecule has 3 rings (SSSR count). The standard InChI is InChI=1S/C20H33NO/c1-5-15-13-18(21-22)9-11-20(15,4)17-8-10-19(3)14(2)6-7-16(19)12-17/h15-18H,2,5-13H2,1,3-4H3. The zero-order chi connectivity index (χ0) is 16.0. The SMILES string of the molecule is C=C1CCC2CC(C3(C)CCC(N=O)CC3CC)CCC12C. The Kier molecular flexibility index (Phi) is 4.24. The Morgan fingerprint density at radius 3 is 2.59 bits per heavy atom. The van der Waals surface area contributed by atoms with Gasteiger partial charge in [0.05, 0.1) is 6.04 Å². The molecule has 6 unspecified atom stereocenters. The first-order chi connectivity index (χ1) is 10.4. The van der Waals surface area contributed by atoms with Gasteiger partial charge in [0.1, 0.15) is 0 Å². The van der Waals surface area contributed by atoms with Gasteiger partial charge in [-0.05, 0) is 80.0 Å². The van der Waals surface area contributed by atoms with Gasteiger partial charge < -0.3 is 0 Å². The third kappa shape index (κ3) is 2.37. The summed E-state index contributed by atoms with van der Waals surface area (Å²) in [5.74, 6) is 2.38. The van der Waals surface area contributed by atoms with E-state index in [4.69, 9.17) is 0 Å². The molecule has 2 heteroatoms. The number of fused-ring (bicyclic) bond motifs is 1. The maximum absolute atomic E-state index is 11.0. The van der Waals surface area contributed by atoms with Crippen molar-refractivity contribution in [2.24, 2.45) is 33.8 Å². The first-order valence-corrected chi connectivity index (χ1v) is 9.44. The highest BCUT2D eigenvalue weighted by Crippen LogP contribution is 2.61. The molecule has 0 aromatic rings. The Bertz CT molecular complexity index is 459. The highest BCUT2D eigenvalue weighted by atomic mass is 16.3. The summed E-state index contributed by atoms with van der Waals surface area (Å²) >= 11 is 0. The first kappa shape index (κ1) is 16.2. The van der Waals surface area contributed by atoms with Gasteiger partial charge in [0.15, 0.2) is 0 Å². The van der Waals surface area contributed by atoms with E-state index in [1.807, 2.05) is 0 Å². The van der Waals surface area contributed by atoms with Crippen molar-refractivity contribution >= 4 is 0 Å². The van der Waals surface area contributed by atoms with Crippen LogP contribution in [0.4, 0.5) is 0 Å². The summed E-state index contributed by atoms with van der Waals surface area (Å²) in [5, 5.41) is 3.37. The van der Waals surface area contributed by atoms with Crippen molar-refractivity contribution in [3.63, 3.8) is 0 Å². The van der Waals surface area contributed by atoms with E-state index in [0.29, 0.717) is 16.7 Å². The Morgan fingerprint density at radius 1 is 1.14 bits per heavy atom. The molecular weight excluding hydrogens is 270 g/mol. The molecule has 3 fully saturated rings. The summed E-state index contributed by atoms with van der Waals surface area (Å²) in [6.45, 7) is 11.7. The van der Waals surface area contributed by atoms with Crippen LogP contribution in [0.15, 0.2) is 17.3 Å². The van der Waals surface area contributed by atoms with Gasteiger partial charge in [0.25, 0.3) is 0 Å². The maximum atomic E-state index is 11.0. The van der Waals surface area contributed by atoms with E-state index in [9.17, 15) is 4.91 Å². The molecule has 2 nitrogen and oxygen atoms in total. The lowest BCUT2D eigenvalue weighted by Crippen LogP contribution is -2.45. The van der Waals surface area contributed by atoms with Crippen molar-refractivity contribution in [1.82, 2.24) is 0 Å². The summed E-state index contributed by atoms with van der Waals surface area (Å²) < 4.78 is 0. The summed E-state index contributed by atoms with van der Waals surface area (Å²) in [4.78, 5) is 11.0. The molecule has 0 aliphatic heterocycles. The van der Waals surface area contributed by atoms with E-state index in [-0.39, 0.29) is 6.04 Å². The maximum Gasteiger partial charge on any atom is 0.0922 e. The third-order valence-corrected chi connectivity index (χ3v) is 8.16. The van der Waals surface area contributed by atoms with E-state index < -0.39 is 0 Å². The van der Waals surface area contributed by atoms with E-state index in [1.165, 1.54) is 50.5 Å². The minimum absolute atomic E-state index is 0.0816. The quantitative estimate of drug-likeness (QED) is 0.457. The monoisotopic (exact) mass is 303 g/mol. The predicted octanol–water partition coefficient (Wildman–Crippen LogP) is 6.11. The van der Waals surface area contributed by atoms with Crippen LogP contribution in [0.25, 0.3) is 0 Å². The Balaban J connectivity index is 1.76.